The summed E-state index contributed by atoms with van der Waals surface area (Å²) in [6, 6.07) is 16.4. The fourth-order valence-electron chi connectivity index (χ4n) is 2.18. The number of nitrogens with two attached hydrogens (primary N) is 1. The predicted molar refractivity (Wildman–Crippen MR) is 76.3 cm³/mol. The molecule has 0 aliphatic heterocycles. The Bertz CT molecular complexity index is 712. The average molecular weight is 234 g/mol. The summed E-state index contributed by atoms with van der Waals surface area (Å²) in [5.74, 6) is 0. The van der Waals surface area contributed by atoms with E-state index >= 15 is 0 Å². The lowest BCUT2D eigenvalue weighted by molar-refractivity contribution is 1.40. The van der Waals surface area contributed by atoms with Crippen molar-refractivity contribution < 1.29 is 0 Å². The van der Waals surface area contributed by atoms with Crippen molar-refractivity contribution in [3.8, 4) is 11.1 Å². The number of aromatic nitrogens is 1. The third-order valence-corrected chi connectivity index (χ3v) is 3.21. The van der Waals surface area contributed by atoms with Gasteiger partial charge >= 0.3 is 0 Å². The molecule has 0 aliphatic rings. The highest BCUT2D eigenvalue weighted by Crippen LogP contribution is 2.28. The molecular formula is C16H14N2. The summed E-state index contributed by atoms with van der Waals surface area (Å²) in [7, 11) is 0. The second kappa shape index (κ2) is 4.15. The van der Waals surface area contributed by atoms with Gasteiger partial charge in [0.05, 0.1) is 5.52 Å². The molecule has 2 N–H and O–H groups in total. The number of pyridine rings is 1. The Morgan fingerprint density at radius 3 is 2.67 bits per heavy atom. The highest BCUT2D eigenvalue weighted by atomic mass is 14.6. The van der Waals surface area contributed by atoms with Crippen LogP contribution >= 0.6 is 0 Å². The summed E-state index contributed by atoms with van der Waals surface area (Å²) in [5.41, 5.74) is 11.1. The van der Waals surface area contributed by atoms with Crippen molar-refractivity contribution in [3.05, 3.63) is 60.3 Å². The first-order valence-electron chi connectivity index (χ1n) is 5.96. The highest BCUT2D eigenvalue weighted by molar-refractivity contribution is 5.93. The molecule has 0 radical (unpaired) electrons. The third-order valence-electron chi connectivity index (χ3n) is 3.21. The summed E-state index contributed by atoms with van der Waals surface area (Å²) in [4.78, 5) is 4.48. The smallest absolute Gasteiger partial charge is 0.0780 e. The number of rotatable bonds is 1. The van der Waals surface area contributed by atoms with Crippen LogP contribution in [0.3, 0.4) is 0 Å². The van der Waals surface area contributed by atoms with Gasteiger partial charge in [0, 0.05) is 22.8 Å². The second-order valence-corrected chi connectivity index (χ2v) is 4.45. The van der Waals surface area contributed by atoms with Crippen LogP contribution in [0.4, 0.5) is 5.69 Å². The van der Waals surface area contributed by atoms with E-state index in [0.29, 0.717) is 0 Å². The van der Waals surface area contributed by atoms with Crippen molar-refractivity contribution in [1.29, 1.82) is 0 Å². The van der Waals surface area contributed by atoms with Crippen LogP contribution in [-0.4, -0.2) is 4.98 Å². The van der Waals surface area contributed by atoms with Crippen LogP contribution in [-0.2, 0) is 0 Å². The van der Waals surface area contributed by atoms with E-state index in [9.17, 15) is 0 Å². The molecule has 3 aromatic rings. The molecule has 0 saturated heterocycles. The Labute approximate surface area is 106 Å². The number of hydrogen-bond acceptors (Lipinski definition) is 2. The lowest BCUT2D eigenvalue weighted by Crippen LogP contribution is -1.90. The first kappa shape index (κ1) is 10.8. The van der Waals surface area contributed by atoms with E-state index in [2.05, 4.69) is 35.3 Å². The molecule has 88 valence electrons. The van der Waals surface area contributed by atoms with Crippen molar-refractivity contribution in [2.75, 3.05) is 5.73 Å². The molecule has 1 aromatic heterocycles. The van der Waals surface area contributed by atoms with E-state index in [1.807, 2.05) is 31.3 Å². The first-order valence-corrected chi connectivity index (χ1v) is 5.96. The van der Waals surface area contributed by atoms with Crippen molar-refractivity contribution in [1.82, 2.24) is 4.98 Å². The zero-order valence-electron chi connectivity index (χ0n) is 10.2. The third kappa shape index (κ3) is 1.72. The Morgan fingerprint density at radius 1 is 1.00 bits per heavy atom. The Kier molecular flexibility index (Phi) is 2.49. The van der Waals surface area contributed by atoms with Crippen LogP contribution in [0.5, 0.6) is 0 Å². The second-order valence-electron chi connectivity index (χ2n) is 4.45. The molecule has 2 nitrogen and oxygen atoms in total. The molecule has 1 heterocycles. The fourth-order valence-corrected chi connectivity index (χ4v) is 2.18. The minimum absolute atomic E-state index is 0.826. The predicted octanol–water partition coefficient (Wildman–Crippen LogP) is 3.79. The summed E-state index contributed by atoms with van der Waals surface area (Å²) < 4.78 is 0. The van der Waals surface area contributed by atoms with Gasteiger partial charge in [-0.05, 0) is 36.2 Å². The molecule has 2 aromatic carbocycles. The molecule has 0 bridgehead atoms. The Morgan fingerprint density at radius 2 is 1.83 bits per heavy atom. The van der Waals surface area contributed by atoms with Crippen molar-refractivity contribution in [2.45, 2.75) is 6.92 Å². The molecule has 0 atom stereocenters. The molecule has 18 heavy (non-hydrogen) atoms. The summed E-state index contributed by atoms with van der Waals surface area (Å²) in [5, 5.41) is 1.16. The molecule has 0 saturated carbocycles. The van der Waals surface area contributed by atoms with Crippen molar-refractivity contribution in [3.63, 3.8) is 0 Å². The average Bonchev–Trinajstić information content (AvgIpc) is 2.41. The molecular weight excluding hydrogens is 220 g/mol. The number of benzene rings is 2. The van der Waals surface area contributed by atoms with Crippen LogP contribution in [0.15, 0.2) is 54.7 Å². The van der Waals surface area contributed by atoms with Gasteiger partial charge < -0.3 is 5.73 Å². The lowest BCUT2D eigenvalue weighted by atomic mass is 10.00. The summed E-state index contributed by atoms with van der Waals surface area (Å²) in [6.45, 7) is 2.03. The molecule has 3 rings (SSSR count). The summed E-state index contributed by atoms with van der Waals surface area (Å²) >= 11 is 0. The number of nitrogens with zero attached hydrogens (tertiary/aromatic N) is 1. The standard InChI is InChI=1S/C16H14N2/c1-11-10-13(7-8-15(11)17)14-6-2-4-12-5-3-9-18-16(12)14/h2-10H,17H2,1H3. The van der Waals surface area contributed by atoms with E-state index in [1.54, 1.807) is 0 Å². The van der Waals surface area contributed by atoms with Crippen LogP contribution in [0, 0.1) is 6.92 Å². The van der Waals surface area contributed by atoms with Crippen molar-refractivity contribution in [2.24, 2.45) is 0 Å². The van der Waals surface area contributed by atoms with Crippen LogP contribution in [0.25, 0.3) is 22.0 Å². The Balaban J connectivity index is 2.28. The van der Waals surface area contributed by atoms with Gasteiger partial charge in [-0.3, -0.25) is 4.98 Å². The number of anilines is 1. The lowest BCUT2D eigenvalue weighted by Gasteiger charge is -2.08. The number of fused-ring (bicyclic) bond motifs is 1. The minimum Gasteiger partial charge on any atom is -0.399 e. The monoisotopic (exact) mass is 234 g/mol. The summed E-state index contributed by atoms with van der Waals surface area (Å²) in [6.07, 6.45) is 1.83. The largest absolute Gasteiger partial charge is 0.399 e. The van der Waals surface area contributed by atoms with Crippen LogP contribution in [0.1, 0.15) is 5.56 Å². The van der Waals surface area contributed by atoms with E-state index in [0.717, 1.165) is 33.3 Å². The zero-order chi connectivity index (χ0) is 12.5. The van der Waals surface area contributed by atoms with Gasteiger partial charge in [-0.25, -0.2) is 0 Å². The quantitative estimate of drug-likeness (QED) is 0.650. The zero-order valence-corrected chi connectivity index (χ0v) is 10.2. The maximum absolute atomic E-state index is 5.86. The maximum atomic E-state index is 5.86. The topological polar surface area (TPSA) is 38.9 Å². The Hall–Kier alpha value is -2.35. The van der Waals surface area contributed by atoms with E-state index < -0.39 is 0 Å². The minimum atomic E-state index is 0.826. The van der Waals surface area contributed by atoms with Gasteiger partial charge in [0.2, 0.25) is 0 Å². The maximum Gasteiger partial charge on any atom is 0.0780 e. The van der Waals surface area contributed by atoms with Crippen LogP contribution in [0.2, 0.25) is 0 Å². The molecule has 0 amide bonds. The molecule has 0 spiro atoms. The fraction of sp³-hybridized carbons (Fsp3) is 0.0625. The van der Waals surface area contributed by atoms with E-state index in [1.165, 1.54) is 0 Å². The van der Waals surface area contributed by atoms with Gasteiger partial charge in [0.25, 0.3) is 0 Å². The van der Waals surface area contributed by atoms with Gasteiger partial charge in [0.1, 0.15) is 0 Å². The van der Waals surface area contributed by atoms with Crippen LogP contribution < -0.4 is 5.73 Å². The SMILES string of the molecule is Cc1cc(-c2cccc3cccnc23)ccc1N. The van der Waals surface area contributed by atoms with Gasteiger partial charge in [-0.1, -0.05) is 30.3 Å². The molecule has 0 unspecified atom stereocenters. The van der Waals surface area contributed by atoms with Gasteiger partial charge in [-0.2, -0.15) is 0 Å². The highest BCUT2D eigenvalue weighted by Gasteiger charge is 2.05. The number of para-hydroxylation sites is 1. The van der Waals surface area contributed by atoms with E-state index in [4.69, 9.17) is 5.73 Å². The van der Waals surface area contributed by atoms with Gasteiger partial charge in [-0.15, -0.1) is 0 Å². The number of hydrogen-bond donors (Lipinski definition) is 1. The van der Waals surface area contributed by atoms with E-state index in [-0.39, 0.29) is 0 Å². The molecule has 2 heteroatoms. The molecule has 0 fully saturated rings. The number of nitrogen functional groups attached to an aromatic ring is 1. The van der Waals surface area contributed by atoms with Crippen molar-refractivity contribution >= 4 is 16.6 Å². The normalized spacial score (nSPS) is 10.7. The molecule has 0 aliphatic carbocycles. The first-order chi connectivity index (χ1) is 8.75. The van der Waals surface area contributed by atoms with Gasteiger partial charge in [0.15, 0.2) is 0 Å². The number of aryl methyl sites for hydroxylation is 1.